The number of aliphatic hydroxyl groups is 1. The van der Waals surface area contributed by atoms with Crippen molar-refractivity contribution in [2.45, 2.75) is 33.1 Å². The molecular weight excluding hydrogens is 271 g/mol. The second kappa shape index (κ2) is 5.28. The van der Waals surface area contributed by atoms with Gasteiger partial charge in [0.25, 0.3) is 0 Å². The number of halogens is 2. The second-order valence-corrected chi connectivity index (χ2v) is 5.60. The minimum Gasteiger partial charge on any atom is -0.396 e. The molecule has 0 radical (unpaired) electrons. The molecule has 3 heteroatoms. The predicted octanol–water partition coefficient (Wildman–Crippen LogP) is 4.10. The fourth-order valence-electron chi connectivity index (χ4n) is 1.80. The van der Waals surface area contributed by atoms with Crippen molar-refractivity contribution in [3.8, 4) is 0 Å². The summed E-state index contributed by atoms with van der Waals surface area (Å²) in [5.74, 6) is -0.242. The highest BCUT2D eigenvalue weighted by Crippen LogP contribution is 2.40. The summed E-state index contributed by atoms with van der Waals surface area (Å²) in [7, 11) is 0. The van der Waals surface area contributed by atoms with Crippen LogP contribution in [0.2, 0.25) is 0 Å². The summed E-state index contributed by atoms with van der Waals surface area (Å²) in [6.07, 6.45) is 0.960. The second-order valence-electron chi connectivity index (χ2n) is 4.74. The van der Waals surface area contributed by atoms with Crippen LogP contribution in [0.4, 0.5) is 4.39 Å². The molecule has 0 bridgehead atoms. The summed E-state index contributed by atoms with van der Waals surface area (Å²) < 4.78 is 13.7. The van der Waals surface area contributed by atoms with Crippen molar-refractivity contribution in [2.75, 3.05) is 6.61 Å². The van der Waals surface area contributed by atoms with Crippen LogP contribution in [0.3, 0.4) is 0 Å². The first-order valence-electron chi connectivity index (χ1n) is 5.48. The van der Waals surface area contributed by atoms with Crippen molar-refractivity contribution in [3.05, 3.63) is 34.1 Å². The minimum atomic E-state index is -0.262. The molecule has 0 aliphatic heterocycles. The lowest BCUT2D eigenvalue weighted by atomic mass is 9.73. The largest absolute Gasteiger partial charge is 0.396 e. The number of hydrogen-bond donors (Lipinski definition) is 1. The Morgan fingerprint density at radius 2 is 2.06 bits per heavy atom. The van der Waals surface area contributed by atoms with Gasteiger partial charge in [-0.05, 0) is 23.1 Å². The molecule has 0 saturated heterocycles. The molecule has 0 aromatic heterocycles. The van der Waals surface area contributed by atoms with Gasteiger partial charge in [0.15, 0.2) is 0 Å². The van der Waals surface area contributed by atoms with Crippen molar-refractivity contribution in [3.63, 3.8) is 0 Å². The van der Waals surface area contributed by atoms with E-state index in [9.17, 15) is 9.50 Å². The molecule has 0 heterocycles. The monoisotopic (exact) mass is 288 g/mol. The van der Waals surface area contributed by atoms with Crippen LogP contribution < -0.4 is 0 Å². The van der Waals surface area contributed by atoms with E-state index in [4.69, 9.17) is 0 Å². The Kier molecular flexibility index (Phi) is 4.51. The zero-order valence-corrected chi connectivity index (χ0v) is 11.5. The van der Waals surface area contributed by atoms with E-state index < -0.39 is 0 Å². The van der Waals surface area contributed by atoms with Crippen LogP contribution in [0.1, 0.15) is 38.7 Å². The molecule has 1 aromatic carbocycles. The molecule has 1 nitrogen and oxygen atoms in total. The van der Waals surface area contributed by atoms with Gasteiger partial charge in [0, 0.05) is 10.4 Å². The van der Waals surface area contributed by atoms with E-state index in [-0.39, 0.29) is 23.8 Å². The normalized spacial score (nSPS) is 13.9. The Morgan fingerprint density at radius 1 is 1.44 bits per heavy atom. The van der Waals surface area contributed by atoms with Crippen molar-refractivity contribution in [1.29, 1.82) is 0 Å². The van der Waals surface area contributed by atoms with E-state index in [0.717, 1.165) is 16.5 Å². The molecule has 0 aliphatic rings. The SMILES string of the molecule is CCC(C)(C)C(CO)c1ccc(F)cc1Br. The van der Waals surface area contributed by atoms with Gasteiger partial charge in [0.2, 0.25) is 0 Å². The number of rotatable bonds is 4. The van der Waals surface area contributed by atoms with E-state index >= 15 is 0 Å². The highest BCUT2D eigenvalue weighted by Gasteiger charge is 2.29. The summed E-state index contributed by atoms with van der Waals surface area (Å²) in [6, 6.07) is 4.63. The standard InChI is InChI=1S/C13H18BrFO/c1-4-13(2,3)11(8-16)10-6-5-9(15)7-12(10)14/h5-7,11,16H,4,8H2,1-3H3. The third-order valence-electron chi connectivity index (χ3n) is 3.38. The highest BCUT2D eigenvalue weighted by molar-refractivity contribution is 9.10. The van der Waals surface area contributed by atoms with Crippen LogP contribution in [0.25, 0.3) is 0 Å². The Balaban J connectivity index is 3.14. The Bertz CT molecular complexity index is 363. The van der Waals surface area contributed by atoms with Crippen LogP contribution in [0.5, 0.6) is 0 Å². The van der Waals surface area contributed by atoms with Crippen LogP contribution in [0, 0.1) is 11.2 Å². The lowest BCUT2D eigenvalue weighted by molar-refractivity contribution is 0.168. The van der Waals surface area contributed by atoms with E-state index in [1.165, 1.54) is 12.1 Å². The molecule has 90 valence electrons. The van der Waals surface area contributed by atoms with Crippen molar-refractivity contribution in [2.24, 2.45) is 5.41 Å². The van der Waals surface area contributed by atoms with Gasteiger partial charge in [-0.25, -0.2) is 4.39 Å². The zero-order valence-electron chi connectivity index (χ0n) is 9.93. The van der Waals surface area contributed by atoms with Gasteiger partial charge in [-0.1, -0.05) is 49.2 Å². The fraction of sp³-hybridized carbons (Fsp3) is 0.538. The van der Waals surface area contributed by atoms with Gasteiger partial charge in [-0.2, -0.15) is 0 Å². The zero-order chi connectivity index (χ0) is 12.3. The topological polar surface area (TPSA) is 20.2 Å². The van der Waals surface area contributed by atoms with Crippen LogP contribution >= 0.6 is 15.9 Å². The molecule has 0 fully saturated rings. The van der Waals surface area contributed by atoms with Crippen molar-refractivity contribution in [1.82, 2.24) is 0 Å². The molecule has 1 unspecified atom stereocenters. The number of hydrogen-bond acceptors (Lipinski definition) is 1. The van der Waals surface area contributed by atoms with Gasteiger partial charge in [-0.15, -0.1) is 0 Å². The molecule has 1 aromatic rings. The molecular formula is C13H18BrFO. The van der Waals surface area contributed by atoms with Gasteiger partial charge in [0.05, 0.1) is 6.61 Å². The minimum absolute atomic E-state index is 0.00486. The van der Waals surface area contributed by atoms with Crippen LogP contribution in [0.15, 0.2) is 22.7 Å². The van der Waals surface area contributed by atoms with Gasteiger partial charge in [0.1, 0.15) is 5.82 Å². The fourth-order valence-corrected chi connectivity index (χ4v) is 2.42. The van der Waals surface area contributed by atoms with Crippen LogP contribution in [-0.4, -0.2) is 11.7 Å². The summed E-state index contributed by atoms with van der Waals surface area (Å²) in [4.78, 5) is 0. The Morgan fingerprint density at radius 3 is 2.50 bits per heavy atom. The summed E-state index contributed by atoms with van der Waals surface area (Å²) in [6.45, 7) is 6.40. The molecule has 0 aliphatic carbocycles. The predicted molar refractivity (Wildman–Crippen MR) is 68.0 cm³/mol. The maximum absolute atomic E-state index is 13.0. The molecule has 1 rings (SSSR count). The maximum Gasteiger partial charge on any atom is 0.124 e. The summed E-state index contributed by atoms with van der Waals surface area (Å²) >= 11 is 3.36. The first-order valence-corrected chi connectivity index (χ1v) is 6.27. The molecule has 0 amide bonds. The van der Waals surface area contributed by atoms with E-state index in [0.29, 0.717) is 0 Å². The molecule has 0 saturated carbocycles. The van der Waals surface area contributed by atoms with Crippen LogP contribution in [-0.2, 0) is 0 Å². The summed E-state index contributed by atoms with van der Waals surface area (Å²) in [5, 5.41) is 9.53. The molecule has 0 spiro atoms. The third kappa shape index (κ3) is 2.83. The summed E-state index contributed by atoms with van der Waals surface area (Å²) in [5.41, 5.74) is 0.963. The average Bonchev–Trinajstić information content (AvgIpc) is 2.22. The van der Waals surface area contributed by atoms with E-state index in [2.05, 4.69) is 36.7 Å². The highest BCUT2D eigenvalue weighted by atomic mass is 79.9. The van der Waals surface area contributed by atoms with Crippen molar-refractivity contribution < 1.29 is 9.50 Å². The average molecular weight is 289 g/mol. The lowest BCUT2D eigenvalue weighted by Gasteiger charge is -2.33. The smallest absolute Gasteiger partial charge is 0.124 e. The molecule has 16 heavy (non-hydrogen) atoms. The van der Waals surface area contributed by atoms with E-state index in [1.807, 2.05) is 0 Å². The maximum atomic E-state index is 13.0. The quantitative estimate of drug-likeness (QED) is 0.884. The van der Waals surface area contributed by atoms with Crippen molar-refractivity contribution >= 4 is 15.9 Å². The van der Waals surface area contributed by atoms with Gasteiger partial charge in [-0.3, -0.25) is 0 Å². The van der Waals surface area contributed by atoms with Gasteiger partial charge >= 0.3 is 0 Å². The lowest BCUT2D eigenvalue weighted by Crippen LogP contribution is -2.24. The van der Waals surface area contributed by atoms with E-state index in [1.54, 1.807) is 6.07 Å². The Hall–Kier alpha value is -0.410. The first kappa shape index (κ1) is 13.7. The number of aliphatic hydroxyl groups excluding tert-OH is 1. The number of benzene rings is 1. The molecule has 1 atom stereocenters. The Labute approximate surface area is 105 Å². The molecule has 1 N–H and O–H groups in total. The van der Waals surface area contributed by atoms with Gasteiger partial charge < -0.3 is 5.11 Å². The third-order valence-corrected chi connectivity index (χ3v) is 4.06. The first-order chi connectivity index (χ1) is 7.42.